The highest BCUT2D eigenvalue weighted by molar-refractivity contribution is 7.87. The Bertz CT molecular complexity index is 604. The SMILES string of the molecule is CN(C)S(=O)(=O)n1ccnc1-c1ccccn1. The van der Waals surface area contributed by atoms with Gasteiger partial charge in [-0.2, -0.15) is 12.7 Å². The Morgan fingerprint density at radius 2 is 1.94 bits per heavy atom. The fourth-order valence-corrected chi connectivity index (χ4v) is 2.25. The number of aromatic nitrogens is 3. The van der Waals surface area contributed by atoms with E-state index < -0.39 is 10.2 Å². The van der Waals surface area contributed by atoms with Crippen LogP contribution in [0.1, 0.15) is 0 Å². The van der Waals surface area contributed by atoms with Crippen molar-refractivity contribution in [3.63, 3.8) is 0 Å². The average molecular weight is 252 g/mol. The molecule has 0 aliphatic carbocycles. The molecule has 2 aromatic heterocycles. The molecule has 0 aromatic carbocycles. The van der Waals surface area contributed by atoms with Crippen LogP contribution in [0, 0.1) is 0 Å². The number of pyridine rings is 1. The minimum absolute atomic E-state index is 0.305. The molecule has 0 saturated heterocycles. The summed E-state index contributed by atoms with van der Waals surface area (Å²) in [5.74, 6) is 0.305. The first kappa shape index (κ1) is 11.7. The van der Waals surface area contributed by atoms with Gasteiger partial charge in [-0.1, -0.05) is 6.07 Å². The van der Waals surface area contributed by atoms with Gasteiger partial charge in [0.15, 0.2) is 5.82 Å². The Hall–Kier alpha value is -1.73. The molecule has 7 heteroatoms. The highest BCUT2D eigenvalue weighted by atomic mass is 32.2. The third-order valence-electron chi connectivity index (χ3n) is 2.21. The van der Waals surface area contributed by atoms with E-state index in [-0.39, 0.29) is 0 Å². The first-order valence-corrected chi connectivity index (χ1v) is 6.31. The summed E-state index contributed by atoms with van der Waals surface area (Å²) >= 11 is 0. The smallest absolute Gasteiger partial charge is 0.253 e. The molecule has 0 aliphatic rings. The zero-order valence-corrected chi connectivity index (χ0v) is 10.3. The molecule has 0 atom stereocenters. The van der Waals surface area contributed by atoms with Gasteiger partial charge in [0.1, 0.15) is 5.69 Å². The largest absolute Gasteiger partial charge is 0.308 e. The number of rotatable bonds is 3. The van der Waals surface area contributed by atoms with Crippen molar-refractivity contribution in [2.45, 2.75) is 0 Å². The highest BCUT2D eigenvalue weighted by Gasteiger charge is 2.20. The van der Waals surface area contributed by atoms with Gasteiger partial charge in [0.25, 0.3) is 0 Å². The number of nitrogens with zero attached hydrogens (tertiary/aromatic N) is 4. The molecule has 0 unspecified atom stereocenters. The molecular weight excluding hydrogens is 240 g/mol. The van der Waals surface area contributed by atoms with Crippen LogP contribution in [-0.4, -0.2) is 40.8 Å². The molecule has 0 radical (unpaired) electrons. The first-order valence-electron chi connectivity index (χ1n) is 4.91. The minimum Gasteiger partial charge on any atom is -0.253 e. The van der Waals surface area contributed by atoms with Crippen LogP contribution in [0.5, 0.6) is 0 Å². The van der Waals surface area contributed by atoms with E-state index in [2.05, 4.69) is 9.97 Å². The fraction of sp³-hybridized carbons (Fsp3) is 0.200. The van der Waals surface area contributed by atoms with Crippen molar-refractivity contribution in [1.82, 2.24) is 18.2 Å². The molecule has 17 heavy (non-hydrogen) atoms. The third-order valence-corrected chi connectivity index (χ3v) is 3.93. The lowest BCUT2D eigenvalue weighted by molar-refractivity contribution is 0.511. The monoisotopic (exact) mass is 252 g/mol. The zero-order valence-electron chi connectivity index (χ0n) is 9.48. The Kier molecular flexibility index (Phi) is 2.95. The summed E-state index contributed by atoms with van der Waals surface area (Å²) in [4.78, 5) is 8.12. The van der Waals surface area contributed by atoms with Crippen LogP contribution in [0.4, 0.5) is 0 Å². The van der Waals surface area contributed by atoms with Crippen LogP contribution in [0.25, 0.3) is 11.5 Å². The van der Waals surface area contributed by atoms with Crippen molar-refractivity contribution in [3.8, 4) is 11.5 Å². The second-order valence-corrected chi connectivity index (χ2v) is 5.57. The van der Waals surface area contributed by atoms with Crippen molar-refractivity contribution < 1.29 is 8.42 Å². The van der Waals surface area contributed by atoms with E-state index in [1.807, 2.05) is 0 Å². The Morgan fingerprint density at radius 3 is 2.53 bits per heavy atom. The molecule has 0 bridgehead atoms. The second-order valence-electron chi connectivity index (χ2n) is 3.55. The van der Waals surface area contributed by atoms with Crippen molar-refractivity contribution in [2.24, 2.45) is 0 Å². The van der Waals surface area contributed by atoms with Crippen molar-refractivity contribution in [2.75, 3.05) is 14.1 Å². The van der Waals surface area contributed by atoms with Crippen molar-refractivity contribution >= 4 is 10.2 Å². The van der Waals surface area contributed by atoms with E-state index in [1.165, 1.54) is 26.5 Å². The molecular formula is C10H12N4O2S. The lowest BCUT2D eigenvalue weighted by Gasteiger charge is -2.13. The van der Waals surface area contributed by atoms with Crippen LogP contribution in [0.15, 0.2) is 36.8 Å². The van der Waals surface area contributed by atoms with Crippen LogP contribution < -0.4 is 0 Å². The predicted molar refractivity (Wildman–Crippen MR) is 63.5 cm³/mol. The van der Waals surface area contributed by atoms with Crippen LogP contribution in [0.2, 0.25) is 0 Å². The number of imidazole rings is 1. The highest BCUT2D eigenvalue weighted by Crippen LogP contribution is 2.16. The Labute approximate surface area is 99.7 Å². The lowest BCUT2D eigenvalue weighted by Crippen LogP contribution is -2.28. The van der Waals surface area contributed by atoms with Gasteiger partial charge in [0, 0.05) is 32.7 Å². The lowest BCUT2D eigenvalue weighted by atomic mass is 10.3. The summed E-state index contributed by atoms with van der Waals surface area (Å²) in [6.45, 7) is 0. The quantitative estimate of drug-likeness (QED) is 0.802. The molecule has 0 fully saturated rings. The number of hydrogen-bond donors (Lipinski definition) is 0. The molecule has 2 aromatic rings. The number of hydrogen-bond acceptors (Lipinski definition) is 4. The van der Waals surface area contributed by atoms with Gasteiger partial charge in [-0.15, -0.1) is 0 Å². The maximum Gasteiger partial charge on any atom is 0.308 e. The van der Waals surface area contributed by atoms with E-state index in [0.29, 0.717) is 11.5 Å². The molecule has 0 aliphatic heterocycles. The van der Waals surface area contributed by atoms with Crippen molar-refractivity contribution in [1.29, 1.82) is 0 Å². The predicted octanol–water partition coefficient (Wildman–Crippen LogP) is 0.600. The van der Waals surface area contributed by atoms with E-state index in [4.69, 9.17) is 0 Å². The molecule has 0 saturated carbocycles. The standard InChI is InChI=1S/C10H12N4O2S/c1-13(2)17(15,16)14-8-7-12-10(14)9-5-3-4-6-11-9/h3-8H,1-2H3. The van der Waals surface area contributed by atoms with Crippen LogP contribution in [-0.2, 0) is 10.2 Å². The van der Waals surface area contributed by atoms with Gasteiger partial charge in [0.2, 0.25) is 0 Å². The van der Waals surface area contributed by atoms with E-state index >= 15 is 0 Å². The summed E-state index contributed by atoms with van der Waals surface area (Å²) in [5.41, 5.74) is 0.517. The van der Waals surface area contributed by atoms with E-state index in [9.17, 15) is 8.42 Å². The average Bonchev–Trinajstić information content (AvgIpc) is 2.79. The van der Waals surface area contributed by atoms with Gasteiger partial charge in [-0.3, -0.25) is 4.98 Å². The molecule has 6 nitrogen and oxygen atoms in total. The van der Waals surface area contributed by atoms with Gasteiger partial charge < -0.3 is 0 Å². The van der Waals surface area contributed by atoms with Gasteiger partial charge >= 0.3 is 10.2 Å². The van der Waals surface area contributed by atoms with E-state index in [0.717, 1.165) is 8.28 Å². The third kappa shape index (κ3) is 2.06. The summed E-state index contributed by atoms with van der Waals surface area (Å²) in [6, 6.07) is 5.25. The normalized spacial score (nSPS) is 11.9. The second kappa shape index (κ2) is 4.27. The molecule has 90 valence electrons. The zero-order chi connectivity index (χ0) is 12.5. The maximum atomic E-state index is 12.0. The fourth-order valence-electron chi connectivity index (χ4n) is 1.33. The summed E-state index contributed by atoms with van der Waals surface area (Å²) in [5, 5.41) is 0. The van der Waals surface area contributed by atoms with Gasteiger partial charge in [-0.05, 0) is 12.1 Å². The molecule has 2 rings (SSSR count). The van der Waals surface area contributed by atoms with Gasteiger partial charge in [0.05, 0.1) is 0 Å². The Morgan fingerprint density at radius 1 is 1.18 bits per heavy atom. The minimum atomic E-state index is -3.56. The summed E-state index contributed by atoms with van der Waals surface area (Å²) in [7, 11) is -0.625. The van der Waals surface area contributed by atoms with Crippen LogP contribution >= 0.6 is 0 Å². The molecule has 2 heterocycles. The Balaban J connectivity index is 2.58. The maximum absolute atomic E-state index is 12.0. The van der Waals surface area contributed by atoms with E-state index in [1.54, 1.807) is 24.4 Å². The van der Waals surface area contributed by atoms with Crippen molar-refractivity contribution in [3.05, 3.63) is 36.8 Å². The molecule has 0 spiro atoms. The topological polar surface area (TPSA) is 68.1 Å². The van der Waals surface area contributed by atoms with Gasteiger partial charge in [-0.25, -0.2) is 8.96 Å². The van der Waals surface area contributed by atoms with Crippen LogP contribution in [0.3, 0.4) is 0 Å². The molecule has 0 N–H and O–H groups in total. The molecule has 0 amide bonds. The first-order chi connectivity index (χ1) is 8.03. The summed E-state index contributed by atoms with van der Waals surface area (Å²) in [6.07, 6.45) is 4.43. The summed E-state index contributed by atoms with van der Waals surface area (Å²) < 4.78 is 26.2.